The zero-order valence-corrected chi connectivity index (χ0v) is 31.3. The van der Waals surface area contributed by atoms with Crippen LogP contribution in [-0.2, 0) is 19.1 Å². The average Bonchev–Trinajstić information content (AvgIpc) is 3.68. The third kappa shape index (κ3) is 11.4. The van der Waals surface area contributed by atoms with E-state index in [9.17, 15) is 28.8 Å². The molecule has 16 nitrogen and oxygen atoms in total. The Bertz CT molecular complexity index is 1400. The topological polar surface area (TPSA) is 209 Å². The summed E-state index contributed by atoms with van der Waals surface area (Å²) in [5.41, 5.74) is -2.07. The highest BCUT2D eigenvalue weighted by molar-refractivity contribution is 6.06. The highest BCUT2D eigenvalue weighted by Crippen LogP contribution is 2.16. The van der Waals surface area contributed by atoms with E-state index < -0.39 is 58.9 Å². The second kappa shape index (κ2) is 17.3. The molecule has 2 heterocycles. The summed E-state index contributed by atoms with van der Waals surface area (Å²) in [6, 6.07) is -1.95. The Morgan fingerprint density at radius 3 is 1.24 bits per heavy atom. The molecule has 50 heavy (non-hydrogen) atoms. The van der Waals surface area contributed by atoms with Gasteiger partial charge in [-0.25, -0.2) is 19.6 Å². The van der Waals surface area contributed by atoms with E-state index in [-0.39, 0.29) is 60.8 Å². The fraction of sp³-hybridized carbons (Fsp3) is 0.647. The summed E-state index contributed by atoms with van der Waals surface area (Å²) in [5.74, 6) is -4.36. The summed E-state index contributed by atoms with van der Waals surface area (Å²) in [7, 11) is 0. The van der Waals surface area contributed by atoms with Crippen molar-refractivity contribution < 1.29 is 38.2 Å². The number of likely N-dealkylation sites (N-methyl/N-ethyl adjacent to an activating group) is 2. The molecule has 0 spiro atoms. The summed E-state index contributed by atoms with van der Waals surface area (Å²) in [4.78, 5) is 95.7. The number of rotatable bonds is 15. The SMILES string of the molecule is CCN(CCN(CC)C(=O)c1[nH]cnc1C(=O)N[C@H](C(=O)OC(C)(C)C)C(C)C)C(=O)c1[nH]cnc1C(=O)N[C@H](C(=O)OC(C)(C)C)C(C)C. The molecule has 0 radical (unpaired) electrons. The van der Waals surface area contributed by atoms with Crippen LogP contribution in [-0.4, -0.2) is 115 Å². The molecule has 0 aliphatic heterocycles. The number of aromatic nitrogens is 4. The van der Waals surface area contributed by atoms with Gasteiger partial charge in [-0.2, -0.15) is 0 Å². The first-order valence-electron chi connectivity index (χ1n) is 16.8. The lowest BCUT2D eigenvalue weighted by atomic mass is 10.0. The molecule has 0 unspecified atom stereocenters. The van der Waals surface area contributed by atoms with Crippen LogP contribution < -0.4 is 10.6 Å². The Morgan fingerprint density at radius 2 is 0.980 bits per heavy atom. The van der Waals surface area contributed by atoms with Gasteiger partial charge in [-0.3, -0.25) is 19.2 Å². The molecule has 4 N–H and O–H groups in total. The van der Waals surface area contributed by atoms with E-state index in [2.05, 4.69) is 30.6 Å². The number of carbonyl (C=O) groups is 6. The predicted molar refractivity (Wildman–Crippen MR) is 184 cm³/mol. The fourth-order valence-electron chi connectivity index (χ4n) is 4.77. The van der Waals surface area contributed by atoms with Gasteiger partial charge in [0.15, 0.2) is 11.4 Å². The van der Waals surface area contributed by atoms with Crippen LogP contribution in [0.1, 0.15) is 125 Å². The second-order valence-corrected chi connectivity index (χ2v) is 14.5. The molecule has 0 aliphatic rings. The van der Waals surface area contributed by atoms with Crippen LogP contribution in [0.3, 0.4) is 0 Å². The van der Waals surface area contributed by atoms with E-state index in [1.165, 1.54) is 22.5 Å². The number of hydrogen-bond donors (Lipinski definition) is 4. The molecule has 2 atom stereocenters. The van der Waals surface area contributed by atoms with Crippen molar-refractivity contribution in [2.45, 2.75) is 106 Å². The molecular formula is C34H54N8O8. The third-order valence-corrected chi connectivity index (χ3v) is 7.34. The summed E-state index contributed by atoms with van der Waals surface area (Å²) < 4.78 is 10.9. The highest BCUT2D eigenvalue weighted by atomic mass is 16.6. The minimum absolute atomic E-state index is 0.0747. The number of nitrogens with zero attached hydrogens (tertiary/aromatic N) is 4. The van der Waals surface area contributed by atoms with Crippen LogP contribution in [0.4, 0.5) is 0 Å². The Hall–Kier alpha value is -4.76. The van der Waals surface area contributed by atoms with Crippen molar-refractivity contribution in [1.82, 2.24) is 40.4 Å². The van der Waals surface area contributed by atoms with Crippen molar-refractivity contribution in [2.75, 3.05) is 26.2 Å². The molecule has 16 heteroatoms. The fourth-order valence-corrected chi connectivity index (χ4v) is 4.77. The number of imidazole rings is 2. The normalized spacial score (nSPS) is 13.0. The molecule has 4 amide bonds. The number of aromatic amines is 2. The number of H-pyrrole nitrogens is 2. The molecule has 2 rings (SSSR count). The zero-order chi connectivity index (χ0) is 38.1. The third-order valence-electron chi connectivity index (χ3n) is 7.34. The van der Waals surface area contributed by atoms with Gasteiger partial charge in [0.05, 0.1) is 12.7 Å². The molecule has 0 aliphatic carbocycles. The summed E-state index contributed by atoms with van der Waals surface area (Å²) in [6.45, 7) is 21.5. The molecule has 0 fully saturated rings. The van der Waals surface area contributed by atoms with E-state index in [0.29, 0.717) is 0 Å². The molecule has 0 bridgehead atoms. The summed E-state index contributed by atoms with van der Waals surface area (Å²) in [5, 5.41) is 5.29. The number of hydrogen-bond acceptors (Lipinski definition) is 10. The van der Waals surface area contributed by atoms with E-state index in [0.717, 1.165) is 0 Å². The van der Waals surface area contributed by atoms with Gasteiger partial charge in [0.25, 0.3) is 23.6 Å². The second-order valence-electron chi connectivity index (χ2n) is 14.5. The van der Waals surface area contributed by atoms with Gasteiger partial charge in [0, 0.05) is 26.2 Å². The van der Waals surface area contributed by atoms with Crippen LogP contribution in [0.5, 0.6) is 0 Å². The number of carbonyl (C=O) groups excluding carboxylic acids is 6. The van der Waals surface area contributed by atoms with Gasteiger partial charge in [-0.15, -0.1) is 0 Å². The minimum Gasteiger partial charge on any atom is -0.458 e. The Morgan fingerprint density at radius 1 is 0.660 bits per heavy atom. The van der Waals surface area contributed by atoms with Crippen molar-refractivity contribution >= 4 is 35.6 Å². The zero-order valence-electron chi connectivity index (χ0n) is 31.3. The van der Waals surface area contributed by atoms with Crippen LogP contribution in [0, 0.1) is 11.8 Å². The molecule has 0 saturated heterocycles. The van der Waals surface area contributed by atoms with E-state index >= 15 is 0 Å². The largest absolute Gasteiger partial charge is 0.458 e. The number of esters is 2. The average molecular weight is 703 g/mol. The number of amides is 4. The summed E-state index contributed by atoms with van der Waals surface area (Å²) in [6.07, 6.45) is 2.43. The Kier molecular flexibility index (Phi) is 14.3. The highest BCUT2D eigenvalue weighted by Gasteiger charge is 2.34. The maximum absolute atomic E-state index is 13.6. The first-order valence-corrected chi connectivity index (χ1v) is 16.8. The van der Waals surface area contributed by atoms with Gasteiger partial charge in [0.2, 0.25) is 0 Å². The van der Waals surface area contributed by atoms with E-state index in [1.807, 2.05) is 0 Å². The van der Waals surface area contributed by atoms with Crippen molar-refractivity contribution in [3.63, 3.8) is 0 Å². The van der Waals surface area contributed by atoms with Gasteiger partial charge in [-0.1, -0.05) is 27.7 Å². The molecular weight excluding hydrogens is 648 g/mol. The minimum atomic E-state index is -0.976. The Labute approximate surface area is 293 Å². The van der Waals surface area contributed by atoms with Crippen molar-refractivity contribution in [2.24, 2.45) is 11.8 Å². The maximum atomic E-state index is 13.6. The van der Waals surface area contributed by atoms with Gasteiger partial charge >= 0.3 is 11.9 Å². The molecule has 2 aromatic heterocycles. The lowest BCUT2D eigenvalue weighted by Gasteiger charge is -2.27. The first-order chi connectivity index (χ1) is 23.1. The monoisotopic (exact) mass is 702 g/mol. The lowest BCUT2D eigenvalue weighted by Crippen LogP contribution is -2.48. The number of nitrogens with one attached hydrogen (secondary N) is 4. The van der Waals surface area contributed by atoms with Gasteiger partial charge < -0.3 is 39.9 Å². The Balaban J connectivity index is 2.19. The molecule has 2 aromatic rings. The summed E-state index contributed by atoms with van der Waals surface area (Å²) >= 11 is 0. The maximum Gasteiger partial charge on any atom is 0.329 e. The van der Waals surface area contributed by atoms with Gasteiger partial charge in [0.1, 0.15) is 34.7 Å². The first kappa shape index (κ1) is 41.4. The number of ether oxygens (including phenoxy) is 2. The van der Waals surface area contributed by atoms with Crippen LogP contribution in [0.15, 0.2) is 12.7 Å². The standard InChI is InChI=1S/C34H54N8O8/c1-13-41(29(45)25-23(35-17-37-25)27(43)39-21(19(3)4)31(47)49-33(7,8)9)15-16-42(14-2)30(46)26-24(36-18-38-26)28(44)40-22(20(5)6)32(48)50-34(10,11)12/h17-22H,13-16H2,1-12H3,(H,35,37)(H,36,38)(H,39,43)(H,40,44)/t21-,22-/m0/s1. The lowest BCUT2D eigenvalue weighted by molar-refractivity contribution is -0.159. The van der Waals surface area contributed by atoms with E-state index in [4.69, 9.17) is 9.47 Å². The quantitative estimate of drug-likeness (QED) is 0.200. The van der Waals surface area contributed by atoms with Gasteiger partial charge in [-0.05, 0) is 67.2 Å². The smallest absolute Gasteiger partial charge is 0.329 e. The van der Waals surface area contributed by atoms with Crippen molar-refractivity contribution in [1.29, 1.82) is 0 Å². The molecule has 0 aromatic carbocycles. The molecule has 0 saturated carbocycles. The van der Waals surface area contributed by atoms with E-state index in [1.54, 1.807) is 83.1 Å². The molecule has 278 valence electrons. The van der Waals surface area contributed by atoms with Crippen LogP contribution in [0.2, 0.25) is 0 Å². The van der Waals surface area contributed by atoms with Crippen LogP contribution in [0.25, 0.3) is 0 Å². The van der Waals surface area contributed by atoms with Crippen molar-refractivity contribution in [3.8, 4) is 0 Å². The predicted octanol–water partition coefficient (Wildman–Crippen LogP) is 2.95. The van der Waals surface area contributed by atoms with Crippen LogP contribution >= 0.6 is 0 Å². The van der Waals surface area contributed by atoms with Crippen molar-refractivity contribution in [3.05, 3.63) is 35.4 Å².